The lowest BCUT2D eigenvalue weighted by Crippen LogP contribution is -2.36. The van der Waals surface area contributed by atoms with Crippen molar-refractivity contribution in [2.24, 2.45) is 23.2 Å². The van der Waals surface area contributed by atoms with Gasteiger partial charge < -0.3 is 10.2 Å². The molecule has 0 spiro atoms. The molecule has 5 atom stereocenters. The summed E-state index contributed by atoms with van der Waals surface area (Å²) in [6, 6.07) is 0. The van der Waals surface area contributed by atoms with Crippen LogP contribution in [0.1, 0.15) is 71.6 Å². The summed E-state index contributed by atoms with van der Waals surface area (Å²) in [5, 5.41) is 19.3. The first-order valence-electron chi connectivity index (χ1n) is 10.3. The maximum Gasteiger partial charge on any atom is 0.0583 e. The molecule has 3 rings (SSSR count). The van der Waals surface area contributed by atoms with Gasteiger partial charge in [0.1, 0.15) is 0 Å². The van der Waals surface area contributed by atoms with E-state index < -0.39 is 0 Å². The van der Waals surface area contributed by atoms with Crippen LogP contribution in [-0.4, -0.2) is 22.9 Å². The smallest absolute Gasteiger partial charge is 0.0583 e. The summed E-state index contributed by atoms with van der Waals surface area (Å²) in [6.07, 6.45) is 14.4. The van der Waals surface area contributed by atoms with E-state index in [1.807, 2.05) is 0 Å². The average molecular weight is 345 g/mol. The largest absolute Gasteiger partial charge is 0.396 e. The third-order valence-electron chi connectivity index (χ3n) is 7.50. The van der Waals surface area contributed by atoms with Gasteiger partial charge in [0.05, 0.1) is 6.10 Å². The minimum Gasteiger partial charge on any atom is -0.396 e. The van der Waals surface area contributed by atoms with Gasteiger partial charge in [0, 0.05) is 6.61 Å². The predicted molar refractivity (Wildman–Crippen MR) is 104 cm³/mol. The lowest BCUT2D eigenvalue weighted by Gasteiger charge is -2.44. The van der Waals surface area contributed by atoms with E-state index in [2.05, 4.69) is 32.6 Å². The number of fused-ring (bicyclic) bond motifs is 1. The second-order valence-electron chi connectivity index (χ2n) is 9.02. The molecule has 3 fully saturated rings. The molecular formula is C23H36O2. The Morgan fingerprint density at radius 2 is 2.04 bits per heavy atom. The molecule has 140 valence electrons. The van der Waals surface area contributed by atoms with Gasteiger partial charge in [-0.1, -0.05) is 43.7 Å². The molecule has 0 aromatic heterocycles. The molecule has 0 saturated heterocycles. The Labute approximate surface area is 153 Å². The van der Waals surface area contributed by atoms with Crippen LogP contribution in [0, 0.1) is 23.2 Å². The minimum atomic E-state index is -0.193. The van der Waals surface area contributed by atoms with Gasteiger partial charge in [-0.3, -0.25) is 0 Å². The Bertz CT molecular complexity index is 558. The molecule has 3 aliphatic rings. The van der Waals surface area contributed by atoms with Crippen LogP contribution < -0.4 is 0 Å². The lowest BCUT2D eigenvalue weighted by atomic mass is 9.61. The van der Waals surface area contributed by atoms with E-state index in [0.717, 1.165) is 31.6 Å². The van der Waals surface area contributed by atoms with E-state index in [9.17, 15) is 10.2 Å². The zero-order valence-electron chi connectivity index (χ0n) is 16.1. The van der Waals surface area contributed by atoms with E-state index in [-0.39, 0.29) is 6.10 Å². The summed E-state index contributed by atoms with van der Waals surface area (Å²) >= 11 is 0. The van der Waals surface area contributed by atoms with Crippen LogP contribution >= 0.6 is 0 Å². The number of hydrogen-bond donors (Lipinski definition) is 2. The van der Waals surface area contributed by atoms with Crippen molar-refractivity contribution in [2.45, 2.75) is 77.7 Å². The molecule has 0 bridgehead atoms. The van der Waals surface area contributed by atoms with Crippen molar-refractivity contribution in [2.75, 3.05) is 6.61 Å². The third kappa shape index (κ3) is 3.80. The van der Waals surface area contributed by atoms with Crippen LogP contribution in [0.5, 0.6) is 0 Å². The molecule has 2 nitrogen and oxygen atoms in total. The molecule has 3 aliphatic carbocycles. The summed E-state index contributed by atoms with van der Waals surface area (Å²) in [6.45, 7) is 9.36. The Hall–Kier alpha value is -0.860. The maximum atomic E-state index is 9.95. The van der Waals surface area contributed by atoms with Gasteiger partial charge in [-0.15, -0.1) is 0 Å². The lowest BCUT2D eigenvalue weighted by molar-refractivity contribution is 0.0857. The fraction of sp³-hybridized carbons (Fsp3) is 0.739. The van der Waals surface area contributed by atoms with Gasteiger partial charge in [-0.05, 0) is 86.5 Å². The van der Waals surface area contributed by atoms with Crippen LogP contribution in [0.3, 0.4) is 0 Å². The third-order valence-corrected chi connectivity index (χ3v) is 7.50. The molecular weight excluding hydrogens is 308 g/mol. The molecule has 2 heteroatoms. The number of rotatable bonds is 4. The highest BCUT2D eigenvalue weighted by Crippen LogP contribution is 2.59. The van der Waals surface area contributed by atoms with Crippen LogP contribution in [0.15, 0.2) is 35.5 Å². The van der Waals surface area contributed by atoms with E-state index in [1.54, 1.807) is 5.57 Å². The minimum absolute atomic E-state index is 0.193. The van der Waals surface area contributed by atoms with Crippen LogP contribution in [0.25, 0.3) is 0 Å². The zero-order chi connectivity index (χ0) is 18.0. The highest BCUT2D eigenvalue weighted by molar-refractivity contribution is 5.36. The van der Waals surface area contributed by atoms with E-state index in [1.165, 1.54) is 43.3 Å². The van der Waals surface area contributed by atoms with Crippen molar-refractivity contribution in [1.29, 1.82) is 0 Å². The summed E-state index contributed by atoms with van der Waals surface area (Å²) in [4.78, 5) is 0. The monoisotopic (exact) mass is 344 g/mol. The summed E-state index contributed by atoms with van der Waals surface area (Å²) < 4.78 is 0. The molecule has 0 heterocycles. The number of allylic oxidation sites excluding steroid dienone is 4. The van der Waals surface area contributed by atoms with E-state index >= 15 is 0 Å². The van der Waals surface area contributed by atoms with Crippen LogP contribution in [-0.2, 0) is 0 Å². The molecule has 25 heavy (non-hydrogen) atoms. The van der Waals surface area contributed by atoms with Crippen LogP contribution in [0.4, 0.5) is 0 Å². The van der Waals surface area contributed by atoms with Gasteiger partial charge in [0.2, 0.25) is 0 Å². The molecule has 0 aromatic rings. The fourth-order valence-electron chi connectivity index (χ4n) is 6.01. The Morgan fingerprint density at radius 3 is 2.80 bits per heavy atom. The van der Waals surface area contributed by atoms with E-state index in [4.69, 9.17) is 0 Å². The standard InChI is InChI=1S/C23H36O2/c1-16-6-9-20(25)15-19(16)8-7-18-5-4-13-23(3)21(10-11-22(18)23)17(2)12-14-24/h7-8,17,20-22,24-25H,1,4-6,9-15H2,2-3H3/b18-7+,19-8-/t17-,20-,21-,22+,23-/m1/s1. The Balaban J connectivity index is 1.78. The number of aliphatic hydroxyl groups excluding tert-OH is 2. The number of hydrogen-bond acceptors (Lipinski definition) is 2. The molecule has 0 unspecified atom stereocenters. The maximum absolute atomic E-state index is 9.95. The quantitative estimate of drug-likeness (QED) is 0.738. The van der Waals surface area contributed by atoms with Gasteiger partial charge in [-0.25, -0.2) is 0 Å². The van der Waals surface area contributed by atoms with Gasteiger partial charge in [-0.2, -0.15) is 0 Å². The van der Waals surface area contributed by atoms with Crippen molar-refractivity contribution in [3.05, 3.63) is 35.5 Å². The summed E-state index contributed by atoms with van der Waals surface area (Å²) in [5.74, 6) is 2.06. The Kier molecular flexibility index (Phi) is 5.90. The van der Waals surface area contributed by atoms with Crippen molar-refractivity contribution in [3.8, 4) is 0 Å². The predicted octanol–water partition coefficient (Wildman–Crippen LogP) is 5.18. The van der Waals surface area contributed by atoms with Crippen molar-refractivity contribution in [3.63, 3.8) is 0 Å². The topological polar surface area (TPSA) is 40.5 Å². The molecule has 2 N–H and O–H groups in total. The molecule has 0 aliphatic heterocycles. The molecule has 0 aromatic carbocycles. The number of aliphatic hydroxyl groups is 2. The highest BCUT2D eigenvalue weighted by Gasteiger charge is 2.50. The van der Waals surface area contributed by atoms with Gasteiger partial charge >= 0.3 is 0 Å². The second kappa shape index (κ2) is 7.80. The highest BCUT2D eigenvalue weighted by atomic mass is 16.3. The second-order valence-corrected chi connectivity index (χ2v) is 9.02. The van der Waals surface area contributed by atoms with Gasteiger partial charge in [0.25, 0.3) is 0 Å². The molecule has 0 radical (unpaired) electrons. The first-order valence-corrected chi connectivity index (χ1v) is 10.3. The van der Waals surface area contributed by atoms with Gasteiger partial charge in [0.15, 0.2) is 0 Å². The first kappa shape index (κ1) is 18.9. The SMILES string of the molecule is C=C1CC[C@@H](O)C/C1=C/C=C1\CCC[C@]2(C)[C@@H]([C@H](C)CCO)CC[C@@H]12. The van der Waals surface area contributed by atoms with Crippen molar-refractivity contribution < 1.29 is 10.2 Å². The summed E-state index contributed by atoms with van der Waals surface area (Å²) in [5.41, 5.74) is 4.48. The van der Waals surface area contributed by atoms with E-state index in [0.29, 0.717) is 23.9 Å². The first-order chi connectivity index (χ1) is 12.0. The summed E-state index contributed by atoms with van der Waals surface area (Å²) in [7, 11) is 0. The normalized spacial score (nSPS) is 40.5. The molecule has 0 amide bonds. The average Bonchev–Trinajstić information content (AvgIpc) is 2.93. The molecule has 3 saturated carbocycles. The van der Waals surface area contributed by atoms with Crippen molar-refractivity contribution >= 4 is 0 Å². The fourth-order valence-corrected chi connectivity index (χ4v) is 6.01. The van der Waals surface area contributed by atoms with Crippen LogP contribution in [0.2, 0.25) is 0 Å². The zero-order valence-corrected chi connectivity index (χ0v) is 16.1. The van der Waals surface area contributed by atoms with Crippen molar-refractivity contribution in [1.82, 2.24) is 0 Å². The Morgan fingerprint density at radius 1 is 1.24 bits per heavy atom.